The van der Waals surface area contributed by atoms with E-state index in [9.17, 15) is 9.90 Å². The Labute approximate surface area is 292 Å². The molecule has 0 radical (unpaired) electrons. The lowest BCUT2D eigenvalue weighted by Crippen LogP contribution is -2.40. The molecule has 0 heterocycles. The first-order valence-corrected chi connectivity index (χ1v) is 16.3. The Bertz CT molecular complexity index is 1690. The van der Waals surface area contributed by atoms with Gasteiger partial charge < -0.3 is 34.4 Å². The van der Waals surface area contributed by atoms with Crippen LogP contribution in [0.4, 0.5) is 0 Å². The van der Waals surface area contributed by atoms with E-state index in [1.165, 1.54) is 12.2 Å². The van der Waals surface area contributed by atoms with E-state index in [0.717, 1.165) is 21.2 Å². The van der Waals surface area contributed by atoms with Crippen LogP contribution in [0.2, 0.25) is 5.02 Å². The fraction of sp³-hybridized carbons (Fsp3) is 0.286. The van der Waals surface area contributed by atoms with Crippen molar-refractivity contribution in [1.82, 2.24) is 5.32 Å². The highest BCUT2D eigenvalue weighted by Crippen LogP contribution is 2.36. The SMILES string of the molecule is CCOC(=O)[C@@H](CO)NCc1cc(Cl)c(OCc2cccc(-c3cccc(OCCCO)c3)c2Br)cc1OCC1=CC(=N)/C(=N\O)C=C1. The van der Waals surface area contributed by atoms with Gasteiger partial charge in [0.05, 0.1) is 30.6 Å². The van der Waals surface area contributed by atoms with Gasteiger partial charge in [0.1, 0.15) is 42.2 Å². The molecule has 11 nitrogen and oxygen atoms in total. The van der Waals surface area contributed by atoms with Gasteiger partial charge in [-0.25, -0.2) is 0 Å². The molecule has 0 aromatic heterocycles. The number of hydrogen-bond donors (Lipinski definition) is 5. The molecular formula is C35H37BrClN3O8. The minimum atomic E-state index is -0.953. The number of carbonyl (C=O) groups is 1. The van der Waals surface area contributed by atoms with Crippen LogP contribution in [0.3, 0.4) is 0 Å². The van der Waals surface area contributed by atoms with Gasteiger partial charge in [0.15, 0.2) is 0 Å². The standard InChI is InChI=1S/C35H37BrClN3O8/c1-2-45-35(43)31(19-42)39-18-25-16-28(37)33(17-32(25)47-20-22-10-11-30(40-44)29(38)14-22)48-21-24-7-4-9-27(34(24)36)23-6-3-8-26(15-23)46-13-5-12-41/h3-4,6-11,14-17,31,38-39,41-42,44H,2,5,12-13,18-21H2,1H3/b38-29?,40-30-/t31-/m1/s1. The third-order valence-corrected chi connectivity index (χ3v) is 8.38. The largest absolute Gasteiger partial charge is 0.493 e. The van der Waals surface area contributed by atoms with Crippen molar-refractivity contribution < 1.29 is 39.2 Å². The lowest BCUT2D eigenvalue weighted by Gasteiger charge is -2.19. The van der Waals surface area contributed by atoms with E-state index in [1.54, 1.807) is 25.1 Å². The van der Waals surface area contributed by atoms with Crippen LogP contribution in [0.15, 0.2) is 88.0 Å². The number of nitrogens with one attached hydrogen (secondary N) is 2. The summed E-state index contributed by atoms with van der Waals surface area (Å²) in [6, 6.07) is 15.9. The van der Waals surface area contributed by atoms with Crippen molar-refractivity contribution in [2.24, 2.45) is 5.16 Å². The summed E-state index contributed by atoms with van der Waals surface area (Å²) in [5.41, 5.74) is 4.16. The maximum absolute atomic E-state index is 12.2. The average molecular weight is 743 g/mol. The van der Waals surface area contributed by atoms with Gasteiger partial charge in [-0.1, -0.05) is 53.2 Å². The molecule has 0 aliphatic heterocycles. The molecule has 3 aromatic carbocycles. The predicted molar refractivity (Wildman–Crippen MR) is 187 cm³/mol. The van der Waals surface area contributed by atoms with Crippen molar-refractivity contribution in [3.63, 3.8) is 0 Å². The van der Waals surface area contributed by atoms with E-state index < -0.39 is 18.6 Å². The third-order valence-electron chi connectivity index (χ3n) is 7.15. The molecule has 5 N–H and O–H groups in total. The molecule has 48 heavy (non-hydrogen) atoms. The van der Waals surface area contributed by atoms with E-state index in [2.05, 4.69) is 26.4 Å². The number of aliphatic hydroxyl groups is 2. The van der Waals surface area contributed by atoms with E-state index in [4.69, 9.17) is 46.3 Å². The number of ether oxygens (including phenoxy) is 4. The molecule has 0 saturated heterocycles. The van der Waals surface area contributed by atoms with Crippen molar-refractivity contribution in [3.05, 3.63) is 99.0 Å². The zero-order valence-electron chi connectivity index (χ0n) is 26.2. The summed E-state index contributed by atoms with van der Waals surface area (Å²) in [4.78, 5) is 12.2. The zero-order chi connectivity index (χ0) is 34.5. The minimum Gasteiger partial charge on any atom is -0.493 e. The zero-order valence-corrected chi connectivity index (χ0v) is 28.6. The Hall–Kier alpha value is -4.20. The highest BCUT2D eigenvalue weighted by molar-refractivity contribution is 9.10. The number of allylic oxidation sites excluding steroid dienone is 2. The van der Waals surface area contributed by atoms with Crippen molar-refractivity contribution in [2.45, 2.75) is 32.5 Å². The molecule has 1 atom stereocenters. The van der Waals surface area contributed by atoms with E-state index >= 15 is 0 Å². The normalized spacial score (nSPS) is 14.1. The van der Waals surface area contributed by atoms with Gasteiger partial charge in [0, 0.05) is 41.2 Å². The van der Waals surface area contributed by atoms with Gasteiger partial charge in [0.2, 0.25) is 0 Å². The first-order chi connectivity index (χ1) is 23.3. The van der Waals surface area contributed by atoms with Crippen LogP contribution in [0, 0.1) is 5.41 Å². The Kier molecular flexibility index (Phi) is 14.0. The summed E-state index contributed by atoms with van der Waals surface area (Å²) in [5.74, 6) is 0.872. The molecule has 0 unspecified atom stereocenters. The van der Waals surface area contributed by atoms with Crippen molar-refractivity contribution in [3.8, 4) is 28.4 Å². The van der Waals surface area contributed by atoms with Crippen molar-refractivity contribution in [2.75, 3.05) is 33.0 Å². The quantitative estimate of drug-likeness (QED) is 0.0376. The molecule has 0 spiro atoms. The van der Waals surface area contributed by atoms with Crippen molar-refractivity contribution >= 4 is 44.9 Å². The van der Waals surface area contributed by atoms with Crippen molar-refractivity contribution in [1.29, 1.82) is 5.41 Å². The smallest absolute Gasteiger partial charge is 0.325 e. The highest BCUT2D eigenvalue weighted by Gasteiger charge is 2.21. The molecule has 1 aliphatic rings. The topological polar surface area (TPSA) is 163 Å². The van der Waals surface area contributed by atoms with Gasteiger partial charge in [-0.05, 0) is 69.9 Å². The highest BCUT2D eigenvalue weighted by atomic mass is 79.9. The summed E-state index contributed by atoms with van der Waals surface area (Å²) in [6.07, 6.45) is 5.27. The number of aliphatic hydroxyl groups excluding tert-OH is 2. The second-order valence-electron chi connectivity index (χ2n) is 10.5. The molecule has 0 amide bonds. The van der Waals surface area contributed by atoms with E-state index in [-0.39, 0.29) is 44.4 Å². The fourth-order valence-electron chi connectivity index (χ4n) is 4.66. The Morgan fingerprint density at radius 3 is 2.54 bits per heavy atom. The van der Waals surface area contributed by atoms with Crippen LogP contribution in [0.1, 0.15) is 24.5 Å². The number of carbonyl (C=O) groups excluding carboxylic acids is 1. The van der Waals surface area contributed by atoms with Gasteiger partial charge in [-0.2, -0.15) is 0 Å². The Morgan fingerprint density at radius 2 is 1.81 bits per heavy atom. The molecule has 254 valence electrons. The lowest BCUT2D eigenvalue weighted by atomic mass is 10.0. The average Bonchev–Trinajstić information content (AvgIpc) is 3.08. The van der Waals surface area contributed by atoms with Gasteiger partial charge in [-0.3, -0.25) is 15.5 Å². The number of rotatable bonds is 17. The predicted octanol–water partition coefficient (Wildman–Crippen LogP) is 5.85. The van der Waals surface area contributed by atoms with E-state index in [0.29, 0.717) is 46.4 Å². The number of esters is 1. The van der Waals surface area contributed by atoms with Crippen LogP contribution < -0.4 is 19.5 Å². The lowest BCUT2D eigenvalue weighted by molar-refractivity contribution is -0.146. The number of oxime groups is 1. The molecule has 1 aliphatic carbocycles. The van der Waals surface area contributed by atoms with Crippen LogP contribution in [0.25, 0.3) is 11.1 Å². The summed E-state index contributed by atoms with van der Waals surface area (Å²) in [5, 5.41) is 42.3. The summed E-state index contributed by atoms with van der Waals surface area (Å²) >= 11 is 10.4. The molecule has 0 saturated carbocycles. The number of halogens is 2. The summed E-state index contributed by atoms with van der Waals surface area (Å²) in [7, 11) is 0. The van der Waals surface area contributed by atoms with Gasteiger partial charge >= 0.3 is 5.97 Å². The van der Waals surface area contributed by atoms with Gasteiger partial charge in [-0.15, -0.1) is 0 Å². The first kappa shape index (κ1) is 36.6. The molecule has 4 rings (SSSR count). The molecule has 3 aromatic rings. The molecule has 0 fully saturated rings. The van der Waals surface area contributed by atoms with Crippen LogP contribution in [-0.4, -0.2) is 71.9 Å². The fourth-order valence-corrected chi connectivity index (χ4v) is 5.50. The van der Waals surface area contributed by atoms with Crippen LogP contribution in [-0.2, 0) is 22.7 Å². The number of benzene rings is 3. The van der Waals surface area contributed by atoms with Crippen LogP contribution in [0.5, 0.6) is 17.2 Å². The monoisotopic (exact) mass is 741 g/mol. The minimum absolute atomic E-state index is 0.0367. The maximum Gasteiger partial charge on any atom is 0.325 e. The summed E-state index contributed by atoms with van der Waals surface area (Å²) < 4.78 is 24.0. The Morgan fingerprint density at radius 1 is 1.02 bits per heavy atom. The molecule has 13 heteroatoms. The molecular weight excluding hydrogens is 706 g/mol. The Balaban J connectivity index is 1.55. The van der Waals surface area contributed by atoms with Gasteiger partial charge in [0.25, 0.3) is 0 Å². The molecule has 0 bridgehead atoms. The maximum atomic E-state index is 12.2. The third kappa shape index (κ3) is 9.91. The first-order valence-electron chi connectivity index (χ1n) is 15.2. The van der Waals surface area contributed by atoms with E-state index in [1.807, 2.05) is 42.5 Å². The number of nitrogens with zero attached hydrogens (tertiary/aromatic N) is 1. The van der Waals surface area contributed by atoms with Crippen LogP contribution >= 0.6 is 27.5 Å². The summed E-state index contributed by atoms with van der Waals surface area (Å²) in [6.45, 7) is 2.23. The number of hydrogen-bond acceptors (Lipinski definition) is 11. The second kappa shape index (κ2) is 18.4. The second-order valence-corrected chi connectivity index (χ2v) is 11.7.